The van der Waals surface area contributed by atoms with E-state index in [0.29, 0.717) is 5.82 Å². The van der Waals surface area contributed by atoms with Crippen molar-refractivity contribution in [2.24, 2.45) is 11.8 Å². The molecule has 0 atom stereocenters. The third kappa shape index (κ3) is 5.21. The monoisotopic (exact) mass is 346 g/mol. The molecule has 0 radical (unpaired) electrons. The van der Waals surface area contributed by atoms with Gasteiger partial charge in [-0.2, -0.15) is 8.78 Å². The number of ether oxygens (including phenoxy) is 1. The van der Waals surface area contributed by atoms with Gasteiger partial charge in [-0.1, -0.05) is 32.6 Å². The lowest BCUT2D eigenvalue weighted by Crippen LogP contribution is -2.13. The van der Waals surface area contributed by atoms with Crippen LogP contribution in [0.3, 0.4) is 0 Å². The molecule has 0 spiro atoms. The lowest BCUT2D eigenvalue weighted by atomic mass is 9.80. The van der Waals surface area contributed by atoms with Gasteiger partial charge in [0.2, 0.25) is 0 Å². The first-order valence-electron chi connectivity index (χ1n) is 8.96. The number of rotatable bonds is 6. The molecule has 1 fully saturated rings. The van der Waals surface area contributed by atoms with E-state index in [9.17, 15) is 8.78 Å². The minimum Gasteiger partial charge on any atom is -0.435 e. The lowest BCUT2D eigenvalue weighted by molar-refractivity contribution is -0.0498. The maximum Gasteiger partial charge on any atom is 0.387 e. The molecule has 25 heavy (non-hydrogen) atoms. The van der Waals surface area contributed by atoms with Gasteiger partial charge in [-0.05, 0) is 54.5 Å². The van der Waals surface area contributed by atoms with E-state index >= 15 is 0 Å². The van der Waals surface area contributed by atoms with E-state index in [0.717, 1.165) is 29.4 Å². The Kier molecular flexibility index (Phi) is 5.95. The maximum atomic E-state index is 12.2. The molecule has 3 rings (SSSR count). The van der Waals surface area contributed by atoms with Gasteiger partial charge in [-0.25, -0.2) is 9.97 Å². The first-order chi connectivity index (χ1) is 12.1. The van der Waals surface area contributed by atoms with Crippen LogP contribution in [0.2, 0.25) is 0 Å². The number of aromatic nitrogens is 2. The summed E-state index contributed by atoms with van der Waals surface area (Å²) in [5.74, 6) is 2.45. The summed E-state index contributed by atoms with van der Waals surface area (Å²) in [7, 11) is 0. The molecule has 134 valence electrons. The van der Waals surface area contributed by atoms with Gasteiger partial charge in [-0.3, -0.25) is 0 Å². The molecule has 1 aromatic carbocycles. The van der Waals surface area contributed by atoms with E-state index < -0.39 is 6.61 Å². The van der Waals surface area contributed by atoms with Crippen LogP contribution in [0.25, 0.3) is 11.4 Å². The van der Waals surface area contributed by atoms with Crippen LogP contribution in [0.5, 0.6) is 5.75 Å². The van der Waals surface area contributed by atoms with E-state index in [1.807, 2.05) is 12.4 Å². The number of hydrogen-bond acceptors (Lipinski definition) is 3. The quantitative estimate of drug-likeness (QED) is 0.692. The second-order valence-electron chi connectivity index (χ2n) is 6.98. The first kappa shape index (κ1) is 17.8. The summed E-state index contributed by atoms with van der Waals surface area (Å²) < 4.78 is 28.7. The van der Waals surface area contributed by atoms with Gasteiger partial charge in [0, 0.05) is 18.0 Å². The van der Waals surface area contributed by atoms with Crippen LogP contribution >= 0.6 is 0 Å². The molecule has 2 aromatic rings. The number of benzene rings is 1. The number of aryl methyl sites for hydroxylation is 1. The topological polar surface area (TPSA) is 35.0 Å². The van der Waals surface area contributed by atoms with Crippen molar-refractivity contribution in [3.05, 3.63) is 42.2 Å². The Bertz CT molecular complexity index is 650. The summed E-state index contributed by atoms with van der Waals surface area (Å²) in [4.78, 5) is 8.83. The fraction of sp³-hybridized carbons (Fsp3) is 0.500. The molecular weight excluding hydrogens is 322 g/mol. The lowest BCUT2D eigenvalue weighted by Gasteiger charge is -2.25. The maximum absolute atomic E-state index is 12.2. The average molecular weight is 346 g/mol. The highest BCUT2D eigenvalue weighted by Gasteiger charge is 2.18. The van der Waals surface area contributed by atoms with Gasteiger partial charge in [0.1, 0.15) is 5.75 Å². The summed E-state index contributed by atoms with van der Waals surface area (Å²) in [5, 5.41) is 0. The molecule has 1 aliphatic carbocycles. The van der Waals surface area contributed by atoms with Gasteiger partial charge in [0.25, 0.3) is 0 Å². The van der Waals surface area contributed by atoms with Crippen LogP contribution in [-0.4, -0.2) is 16.6 Å². The van der Waals surface area contributed by atoms with Gasteiger partial charge in [-0.15, -0.1) is 0 Å². The van der Waals surface area contributed by atoms with Crippen molar-refractivity contribution in [3.63, 3.8) is 0 Å². The third-order valence-corrected chi connectivity index (χ3v) is 5.02. The molecule has 0 amide bonds. The van der Waals surface area contributed by atoms with Crippen LogP contribution in [0.1, 0.15) is 44.6 Å². The van der Waals surface area contributed by atoms with E-state index in [4.69, 9.17) is 0 Å². The largest absolute Gasteiger partial charge is 0.435 e. The van der Waals surface area contributed by atoms with E-state index in [-0.39, 0.29) is 5.75 Å². The highest BCUT2D eigenvalue weighted by Crippen LogP contribution is 2.31. The molecule has 1 aliphatic rings. The Morgan fingerprint density at radius 2 is 1.68 bits per heavy atom. The molecular formula is C20H24F2N2O. The highest BCUT2D eigenvalue weighted by atomic mass is 19.3. The Morgan fingerprint density at radius 3 is 2.28 bits per heavy atom. The van der Waals surface area contributed by atoms with Gasteiger partial charge >= 0.3 is 6.61 Å². The smallest absolute Gasteiger partial charge is 0.387 e. The van der Waals surface area contributed by atoms with Crippen LogP contribution in [0.4, 0.5) is 8.78 Å². The van der Waals surface area contributed by atoms with Crippen molar-refractivity contribution in [1.29, 1.82) is 0 Å². The summed E-state index contributed by atoms with van der Waals surface area (Å²) in [6.45, 7) is -0.469. The Labute approximate surface area is 147 Å². The van der Waals surface area contributed by atoms with E-state index in [1.165, 1.54) is 44.2 Å². The molecule has 0 N–H and O–H groups in total. The normalized spacial score (nSPS) is 20.6. The SMILES string of the molecule is CC1CCC(CCc2cnc(-c3ccc(OC(F)F)cc3)nc2)CC1. The Balaban J connectivity index is 1.54. The van der Waals surface area contributed by atoms with Crippen LogP contribution < -0.4 is 4.74 Å². The van der Waals surface area contributed by atoms with Crippen molar-refractivity contribution >= 4 is 0 Å². The van der Waals surface area contributed by atoms with Crippen LogP contribution in [-0.2, 0) is 6.42 Å². The van der Waals surface area contributed by atoms with Gasteiger partial charge in [0.05, 0.1) is 0 Å². The zero-order valence-electron chi connectivity index (χ0n) is 14.5. The molecule has 5 heteroatoms. The average Bonchev–Trinajstić information content (AvgIpc) is 2.62. The highest BCUT2D eigenvalue weighted by molar-refractivity contribution is 5.55. The second kappa shape index (κ2) is 8.37. The summed E-state index contributed by atoms with van der Waals surface area (Å²) in [6.07, 6.45) is 11.3. The van der Waals surface area contributed by atoms with Crippen molar-refractivity contribution in [1.82, 2.24) is 9.97 Å². The van der Waals surface area contributed by atoms with Crippen LogP contribution in [0, 0.1) is 11.8 Å². The second-order valence-corrected chi connectivity index (χ2v) is 6.98. The fourth-order valence-electron chi connectivity index (χ4n) is 3.41. The standard InChI is InChI=1S/C20H24F2N2O/c1-14-2-4-15(5-3-14)6-7-16-12-23-19(24-13-16)17-8-10-18(11-9-17)25-20(21)22/h8-15,20H,2-7H2,1H3. The summed E-state index contributed by atoms with van der Waals surface area (Å²) in [6, 6.07) is 6.39. The number of alkyl halides is 2. The van der Waals surface area contributed by atoms with E-state index in [1.54, 1.807) is 12.1 Å². The minimum atomic E-state index is -2.81. The zero-order chi connectivity index (χ0) is 17.6. The predicted molar refractivity (Wildman–Crippen MR) is 93.5 cm³/mol. The van der Waals surface area contributed by atoms with Crippen molar-refractivity contribution < 1.29 is 13.5 Å². The van der Waals surface area contributed by atoms with Crippen LogP contribution in [0.15, 0.2) is 36.7 Å². The van der Waals surface area contributed by atoms with Crippen molar-refractivity contribution in [2.45, 2.75) is 52.1 Å². The molecule has 1 heterocycles. The number of halogens is 2. The molecule has 1 aromatic heterocycles. The number of nitrogens with zero attached hydrogens (tertiary/aromatic N) is 2. The van der Waals surface area contributed by atoms with E-state index in [2.05, 4.69) is 21.6 Å². The molecule has 3 nitrogen and oxygen atoms in total. The molecule has 0 aliphatic heterocycles. The van der Waals surface area contributed by atoms with Crippen molar-refractivity contribution in [3.8, 4) is 17.1 Å². The van der Waals surface area contributed by atoms with Gasteiger partial charge in [0.15, 0.2) is 5.82 Å². The summed E-state index contributed by atoms with van der Waals surface area (Å²) >= 11 is 0. The zero-order valence-corrected chi connectivity index (χ0v) is 14.5. The Hall–Kier alpha value is -2.04. The third-order valence-electron chi connectivity index (χ3n) is 5.02. The molecule has 0 saturated heterocycles. The molecule has 1 saturated carbocycles. The Morgan fingerprint density at radius 1 is 1.04 bits per heavy atom. The number of hydrogen-bond donors (Lipinski definition) is 0. The molecule has 0 unspecified atom stereocenters. The van der Waals surface area contributed by atoms with Crippen molar-refractivity contribution in [2.75, 3.05) is 0 Å². The predicted octanol–water partition coefficient (Wildman–Crippen LogP) is 5.50. The van der Waals surface area contributed by atoms with Gasteiger partial charge < -0.3 is 4.74 Å². The summed E-state index contributed by atoms with van der Waals surface area (Å²) in [5.41, 5.74) is 1.94. The molecule has 0 bridgehead atoms. The first-order valence-corrected chi connectivity index (χ1v) is 8.96. The fourth-order valence-corrected chi connectivity index (χ4v) is 3.41. The minimum absolute atomic E-state index is 0.136.